The number of carbonyl (C=O) groups is 1. The minimum atomic E-state index is -0.922. The van der Waals surface area contributed by atoms with Crippen molar-refractivity contribution < 1.29 is 9.53 Å². The summed E-state index contributed by atoms with van der Waals surface area (Å²) in [4.78, 5) is 16.1. The van der Waals surface area contributed by atoms with E-state index >= 15 is 0 Å². The third-order valence-electron chi connectivity index (χ3n) is 2.91. The van der Waals surface area contributed by atoms with Gasteiger partial charge in [0.1, 0.15) is 5.41 Å². The molecule has 0 bridgehead atoms. The third kappa shape index (κ3) is 2.62. The number of nitriles is 1. The van der Waals surface area contributed by atoms with Crippen LogP contribution in [-0.2, 0) is 16.1 Å². The topological polar surface area (TPSA) is 75.0 Å². The first kappa shape index (κ1) is 12.0. The van der Waals surface area contributed by atoms with Gasteiger partial charge in [0.25, 0.3) is 0 Å². The summed E-state index contributed by atoms with van der Waals surface area (Å²) in [6.07, 6.45) is 0.929. The van der Waals surface area contributed by atoms with E-state index in [-0.39, 0.29) is 5.91 Å². The van der Waals surface area contributed by atoms with Gasteiger partial charge in [-0.05, 0) is 12.8 Å². The Morgan fingerprint density at radius 1 is 1.65 bits per heavy atom. The Balaban J connectivity index is 1.96. The second-order valence-electron chi connectivity index (χ2n) is 3.97. The highest BCUT2D eigenvalue weighted by Gasteiger charge is 2.40. The van der Waals surface area contributed by atoms with Gasteiger partial charge in [-0.25, -0.2) is 4.98 Å². The molecule has 1 N–H and O–H groups in total. The fourth-order valence-electron chi connectivity index (χ4n) is 1.77. The van der Waals surface area contributed by atoms with Crippen LogP contribution in [0.1, 0.15) is 18.5 Å². The number of carbonyl (C=O) groups excluding carboxylic acids is 1. The van der Waals surface area contributed by atoms with E-state index in [0.29, 0.717) is 32.6 Å². The summed E-state index contributed by atoms with van der Waals surface area (Å²) in [7, 11) is 0. The SMILES string of the molecule is N#CC1(C(=O)NCc2cscn2)CCOCC1. The fourth-order valence-corrected chi connectivity index (χ4v) is 2.33. The standard InChI is InChI=1S/C11H13N3O2S/c12-7-11(1-3-16-4-2-11)10(15)13-5-9-6-17-8-14-9/h6,8H,1-5H2,(H,13,15). The van der Waals surface area contributed by atoms with Gasteiger partial charge in [-0.2, -0.15) is 5.26 Å². The minimum Gasteiger partial charge on any atom is -0.381 e. The maximum atomic E-state index is 12.0. The van der Waals surface area contributed by atoms with Crippen molar-refractivity contribution in [3.8, 4) is 6.07 Å². The van der Waals surface area contributed by atoms with Crippen LogP contribution in [0.25, 0.3) is 0 Å². The zero-order chi connectivity index (χ0) is 12.1. The van der Waals surface area contributed by atoms with Crippen LogP contribution in [0.3, 0.4) is 0 Å². The molecule has 0 unspecified atom stereocenters. The predicted octanol–water partition coefficient (Wildman–Crippen LogP) is 1.08. The first-order valence-electron chi connectivity index (χ1n) is 5.41. The van der Waals surface area contributed by atoms with Crippen LogP contribution in [0.5, 0.6) is 0 Å². The number of hydrogen-bond acceptors (Lipinski definition) is 5. The van der Waals surface area contributed by atoms with Crippen molar-refractivity contribution in [1.29, 1.82) is 5.26 Å². The molecule has 1 saturated heterocycles. The summed E-state index contributed by atoms with van der Waals surface area (Å²) in [6, 6.07) is 2.14. The molecular weight excluding hydrogens is 238 g/mol. The van der Waals surface area contributed by atoms with Gasteiger partial charge in [0.2, 0.25) is 5.91 Å². The van der Waals surface area contributed by atoms with E-state index in [1.807, 2.05) is 5.38 Å². The molecule has 5 nitrogen and oxygen atoms in total. The summed E-state index contributed by atoms with van der Waals surface area (Å²) >= 11 is 1.48. The number of nitrogens with one attached hydrogen (secondary N) is 1. The van der Waals surface area contributed by atoms with Crippen LogP contribution in [0.4, 0.5) is 0 Å². The highest BCUT2D eigenvalue weighted by atomic mass is 32.1. The van der Waals surface area contributed by atoms with Crippen LogP contribution in [0.15, 0.2) is 10.9 Å². The second kappa shape index (κ2) is 5.25. The van der Waals surface area contributed by atoms with Crippen LogP contribution < -0.4 is 5.32 Å². The van der Waals surface area contributed by atoms with E-state index in [4.69, 9.17) is 4.74 Å². The Bertz CT molecular complexity index is 418. The first-order chi connectivity index (χ1) is 8.27. The summed E-state index contributed by atoms with van der Waals surface area (Å²) in [5.74, 6) is -0.212. The Labute approximate surface area is 103 Å². The van der Waals surface area contributed by atoms with Crippen molar-refractivity contribution in [2.45, 2.75) is 19.4 Å². The number of hydrogen-bond donors (Lipinski definition) is 1. The molecule has 6 heteroatoms. The van der Waals surface area contributed by atoms with Crippen molar-refractivity contribution in [2.75, 3.05) is 13.2 Å². The number of thiazole rings is 1. The summed E-state index contributed by atoms with van der Waals surface area (Å²) in [5.41, 5.74) is 1.62. The monoisotopic (exact) mass is 251 g/mol. The van der Waals surface area contributed by atoms with E-state index in [1.54, 1.807) is 5.51 Å². The lowest BCUT2D eigenvalue weighted by atomic mass is 9.81. The zero-order valence-corrected chi connectivity index (χ0v) is 10.1. The Morgan fingerprint density at radius 3 is 3.00 bits per heavy atom. The predicted molar refractivity (Wildman–Crippen MR) is 62.1 cm³/mol. The molecule has 0 aromatic carbocycles. The van der Waals surface area contributed by atoms with Gasteiger partial charge >= 0.3 is 0 Å². The lowest BCUT2D eigenvalue weighted by Crippen LogP contribution is -2.43. The van der Waals surface area contributed by atoms with E-state index in [0.717, 1.165) is 5.69 Å². The Morgan fingerprint density at radius 2 is 2.41 bits per heavy atom. The largest absolute Gasteiger partial charge is 0.381 e. The number of rotatable bonds is 3. The highest BCUT2D eigenvalue weighted by molar-refractivity contribution is 7.07. The van der Waals surface area contributed by atoms with E-state index in [1.165, 1.54) is 11.3 Å². The van der Waals surface area contributed by atoms with Crippen molar-refractivity contribution in [1.82, 2.24) is 10.3 Å². The molecule has 1 aliphatic rings. The van der Waals surface area contributed by atoms with Crippen LogP contribution in [0, 0.1) is 16.7 Å². The second-order valence-corrected chi connectivity index (χ2v) is 4.69. The molecule has 1 aliphatic heterocycles. The van der Waals surface area contributed by atoms with E-state index < -0.39 is 5.41 Å². The lowest BCUT2D eigenvalue weighted by molar-refractivity contribution is -0.132. The number of amides is 1. The minimum absolute atomic E-state index is 0.212. The fraction of sp³-hybridized carbons (Fsp3) is 0.545. The molecular formula is C11H13N3O2S. The van der Waals surface area contributed by atoms with Gasteiger partial charge in [0.05, 0.1) is 23.8 Å². The molecule has 0 radical (unpaired) electrons. The first-order valence-corrected chi connectivity index (χ1v) is 6.35. The van der Waals surface area contributed by atoms with Gasteiger partial charge in [-0.3, -0.25) is 4.79 Å². The average Bonchev–Trinajstić information content (AvgIpc) is 2.90. The van der Waals surface area contributed by atoms with Crippen molar-refractivity contribution in [2.24, 2.45) is 5.41 Å². The number of nitrogens with zero attached hydrogens (tertiary/aromatic N) is 2. The Hall–Kier alpha value is -1.45. The van der Waals surface area contributed by atoms with Crippen LogP contribution in [-0.4, -0.2) is 24.1 Å². The molecule has 1 aromatic heterocycles. The Kier molecular flexibility index (Phi) is 3.71. The maximum absolute atomic E-state index is 12.0. The molecule has 2 rings (SSSR count). The summed E-state index contributed by atoms with van der Waals surface area (Å²) in [5, 5.41) is 13.8. The number of aromatic nitrogens is 1. The molecule has 2 heterocycles. The van der Waals surface area contributed by atoms with Gasteiger partial charge in [-0.1, -0.05) is 0 Å². The van der Waals surface area contributed by atoms with Gasteiger partial charge in [0.15, 0.2) is 0 Å². The molecule has 0 atom stereocenters. The van der Waals surface area contributed by atoms with Gasteiger partial charge in [0, 0.05) is 18.6 Å². The number of ether oxygens (including phenoxy) is 1. The summed E-state index contributed by atoms with van der Waals surface area (Å²) < 4.78 is 5.19. The average molecular weight is 251 g/mol. The molecule has 90 valence electrons. The molecule has 17 heavy (non-hydrogen) atoms. The smallest absolute Gasteiger partial charge is 0.240 e. The normalized spacial score (nSPS) is 18.3. The highest BCUT2D eigenvalue weighted by Crippen LogP contribution is 2.29. The maximum Gasteiger partial charge on any atom is 0.240 e. The van der Waals surface area contributed by atoms with Crippen molar-refractivity contribution in [3.05, 3.63) is 16.6 Å². The van der Waals surface area contributed by atoms with E-state index in [2.05, 4.69) is 16.4 Å². The molecule has 1 aromatic rings. The van der Waals surface area contributed by atoms with Crippen molar-refractivity contribution in [3.63, 3.8) is 0 Å². The molecule has 0 aliphatic carbocycles. The zero-order valence-electron chi connectivity index (χ0n) is 9.31. The van der Waals surface area contributed by atoms with Gasteiger partial charge in [-0.15, -0.1) is 11.3 Å². The molecule has 1 amide bonds. The summed E-state index contributed by atoms with van der Waals surface area (Å²) in [6.45, 7) is 1.32. The van der Waals surface area contributed by atoms with Crippen LogP contribution in [0.2, 0.25) is 0 Å². The van der Waals surface area contributed by atoms with Crippen LogP contribution >= 0.6 is 11.3 Å². The lowest BCUT2D eigenvalue weighted by Gasteiger charge is -2.29. The molecule has 1 fully saturated rings. The van der Waals surface area contributed by atoms with E-state index in [9.17, 15) is 10.1 Å². The third-order valence-corrected chi connectivity index (χ3v) is 3.54. The molecule has 0 saturated carbocycles. The quantitative estimate of drug-likeness (QED) is 0.872. The van der Waals surface area contributed by atoms with Gasteiger partial charge < -0.3 is 10.1 Å². The van der Waals surface area contributed by atoms with Crippen molar-refractivity contribution >= 4 is 17.2 Å². The molecule has 0 spiro atoms.